The lowest BCUT2D eigenvalue weighted by atomic mass is 10.3. The SMILES string of the molecule is CC(Cl)C(Cl)(Cl)C(=O)O. The van der Waals surface area contributed by atoms with E-state index in [0.29, 0.717) is 0 Å². The zero-order valence-electron chi connectivity index (χ0n) is 4.57. The number of carboxylic acids is 1. The van der Waals surface area contributed by atoms with Crippen molar-refractivity contribution in [2.24, 2.45) is 0 Å². The predicted octanol–water partition coefficient (Wildman–Crippen LogP) is 1.87. The maximum Gasteiger partial charge on any atom is 0.341 e. The van der Waals surface area contributed by atoms with Crippen molar-refractivity contribution < 1.29 is 9.90 Å². The summed E-state index contributed by atoms with van der Waals surface area (Å²) in [6.07, 6.45) is 0. The van der Waals surface area contributed by atoms with Gasteiger partial charge in [0.1, 0.15) is 0 Å². The van der Waals surface area contributed by atoms with E-state index < -0.39 is 15.7 Å². The van der Waals surface area contributed by atoms with Crippen molar-refractivity contribution >= 4 is 40.8 Å². The summed E-state index contributed by atoms with van der Waals surface area (Å²) in [5.41, 5.74) is 0. The molecule has 1 atom stereocenters. The zero-order chi connectivity index (χ0) is 7.65. The Hall–Kier alpha value is 0.340. The second kappa shape index (κ2) is 2.95. The Morgan fingerprint density at radius 1 is 1.67 bits per heavy atom. The fourth-order valence-electron chi connectivity index (χ4n) is 0.170. The Morgan fingerprint density at radius 2 is 2.00 bits per heavy atom. The molecule has 0 radical (unpaired) electrons. The van der Waals surface area contributed by atoms with Crippen molar-refractivity contribution in [1.29, 1.82) is 0 Å². The molecule has 0 aliphatic heterocycles. The van der Waals surface area contributed by atoms with Crippen molar-refractivity contribution in [1.82, 2.24) is 0 Å². The summed E-state index contributed by atoms with van der Waals surface area (Å²) >= 11 is 15.8. The lowest BCUT2D eigenvalue weighted by Crippen LogP contribution is -2.33. The minimum atomic E-state index is -1.87. The molecule has 0 heterocycles. The van der Waals surface area contributed by atoms with Crippen LogP contribution in [0.3, 0.4) is 0 Å². The van der Waals surface area contributed by atoms with Gasteiger partial charge in [0, 0.05) is 0 Å². The highest BCUT2D eigenvalue weighted by Crippen LogP contribution is 2.28. The number of hydrogen-bond donors (Lipinski definition) is 1. The summed E-state index contributed by atoms with van der Waals surface area (Å²) < 4.78 is -1.87. The standard InChI is InChI=1S/C4H5Cl3O2/c1-2(5)4(6,7)3(8)9/h2H,1H3,(H,8,9). The average Bonchev–Trinajstić information content (AvgIpc) is 1.65. The van der Waals surface area contributed by atoms with Crippen LogP contribution in [-0.2, 0) is 4.79 Å². The first-order valence-electron chi connectivity index (χ1n) is 2.14. The lowest BCUT2D eigenvalue weighted by molar-refractivity contribution is -0.137. The summed E-state index contributed by atoms with van der Waals surface area (Å²) in [7, 11) is 0. The maximum atomic E-state index is 10.1. The minimum absolute atomic E-state index is 0.807. The van der Waals surface area contributed by atoms with E-state index in [9.17, 15) is 4.79 Å². The van der Waals surface area contributed by atoms with Crippen LogP contribution in [0.25, 0.3) is 0 Å². The first-order valence-corrected chi connectivity index (χ1v) is 3.33. The van der Waals surface area contributed by atoms with Gasteiger partial charge in [-0.25, -0.2) is 4.79 Å². The lowest BCUT2D eigenvalue weighted by Gasteiger charge is -2.15. The summed E-state index contributed by atoms with van der Waals surface area (Å²) in [5.74, 6) is -1.33. The van der Waals surface area contributed by atoms with Gasteiger partial charge in [-0.1, -0.05) is 23.2 Å². The number of hydrogen-bond acceptors (Lipinski definition) is 1. The van der Waals surface area contributed by atoms with Crippen LogP contribution in [0.15, 0.2) is 0 Å². The fraction of sp³-hybridized carbons (Fsp3) is 0.750. The predicted molar refractivity (Wildman–Crippen MR) is 37.4 cm³/mol. The first-order chi connectivity index (χ1) is 3.89. The Labute approximate surface area is 67.7 Å². The zero-order valence-corrected chi connectivity index (χ0v) is 6.83. The Morgan fingerprint density at radius 3 is 2.00 bits per heavy atom. The minimum Gasteiger partial charge on any atom is -0.479 e. The van der Waals surface area contributed by atoms with Crippen LogP contribution in [-0.4, -0.2) is 20.8 Å². The van der Waals surface area contributed by atoms with Crippen molar-refractivity contribution in [3.63, 3.8) is 0 Å². The van der Waals surface area contributed by atoms with Gasteiger partial charge >= 0.3 is 5.97 Å². The van der Waals surface area contributed by atoms with Crippen LogP contribution in [0.1, 0.15) is 6.92 Å². The molecule has 5 heteroatoms. The molecule has 0 aliphatic carbocycles. The fourth-order valence-corrected chi connectivity index (χ4v) is 0.263. The van der Waals surface area contributed by atoms with Crippen LogP contribution in [0.4, 0.5) is 0 Å². The molecular weight excluding hydrogens is 186 g/mol. The molecule has 0 aliphatic rings. The third kappa shape index (κ3) is 2.20. The third-order valence-electron chi connectivity index (χ3n) is 0.785. The number of aliphatic carboxylic acids is 1. The molecule has 0 aromatic carbocycles. The van der Waals surface area contributed by atoms with Gasteiger partial charge in [0.05, 0.1) is 5.38 Å². The summed E-state index contributed by atoms with van der Waals surface area (Å²) in [4.78, 5) is 10.1. The summed E-state index contributed by atoms with van der Waals surface area (Å²) in [6, 6.07) is 0. The molecule has 0 aromatic rings. The molecule has 0 aromatic heterocycles. The van der Waals surface area contributed by atoms with Crippen LogP contribution in [0, 0.1) is 0 Å². The van der Waals surface area contributed by atoms with Crippen molar-refractivity contribution in [2.45, 2.75) is 16.6 Å². The third-order valence-corrected chi connectivity index (χ3v) is 2.31. The van der Waals surface area contributed by atoms with E-state index in [1.165, 1.54) is 6.92 Å². The normalized spacial score (nSPS) is 15.1. The maximum absolute atomic E-state index is 10.1. The summed E-state index contributed by atoms with van der Waals surface area (Å²) in [6.45, 7) is 1.41. The van der Waals surface area contributed by atoms with Crippen molar-refractivity contribution in [2.75, 3.05) is 0 Å². The van der Waals surface area contributed by atoms with Gasteiger partial charge in [-0.3, -0.25) is 0 Å². The first kappa shape index (κ1) is 9.34. The van der Waals surface area contributed by atoms with E-state index in [2.05, 4.69) is 0 Å². The van der Waals surface area contributed by atoms with Gasteiger partial charge in [-0.15, -0.1) is 11.6 Å². The number of halogens is 3. The van der Waals surface area contributed by atoms with E-state index in [1.807, 2.05) is 0 Å². The molecule has 54 valence electrons. The molecule has 9 heavy (non-hydrogen) atoms. The van der Waals surface area contributed by atoms with Gasteiger partial charge in [-0.2, -0.15) is 0 Å². The molecule has 1 unspecified atom stereocenters. The topological polar surface area (TPSA) is 37.3 Å². The average molecular weight is 191 g/mol. The highest BCUT2D eigenvalue weighted by molar-refractivity contribution is 6.60. The van der Waals surface area contributed by atoms with Crippen molar-refractivity contribution in [3.05, 3.63) is 0 Å². The number of alkyl halides is 3. The number of carbonyl (C=O) groups is 1. The van der Waals surface area contributed by atoms with E-state index >= 15 is 0 Å². The number of rotatable bonds is 2. The monoisotopic (exact) mass is 190 g/mol. The van der Waals surface area contributed by atoms with Crippen LogP contribution in [0.2, 0.25) is 0 Å². The van der Waals surface area contributed by atoms with E-state index in [0.717, 1.165) is 0 Å². The summed E-state index contributed by atoms with van der Waals surface area (Å²) in [5, 5.41) is 7.46. The van der Waals surface area contributed by atoms with Crippen LogP contribution >= 0.6 is 34.8 Å². The van der Waals surface area contributed by atoms with Gasteiger partial charge in [0.25, 0.3) is 0 Å². The molecule has 2 nitrogen and oxygen atoms in total. The molecule has 0 saturated heterocycles. The smallest absolute Gasteiger partial charge is 0.341 e. The van der Waals surface area contributed by atoms with Crippen molar-refractivity contribution in [3.8, 4) is 0 Å². The second-order valence-corrected chi connectivity index (χ2v) is 3.58. The molecule has 0 rings (SSSR count). The molecule has 0 fully saturated rings. The quantitative estimate of drug-likeness (QED) is 0.677. The van der Waals surface area contributed by atoms with Crippen LogP contribution in [0.5, 0.6) is 0 Å². The molecular formula is C4H5Cl3O2. The molecule has 0 spiro atoms. The Balaban J connectivity index is 4.19. The van der Waals surface area contributed by atoms with Crippen LogP contribution < -0.4 is 0 Å². The second-order valence-electron chi connectivity index (χ2n) is 1.54. The van der Waals surface area contributed by atoms with E-state index in [-0.39, 0.29) is 0 Å². The Kier molecular flexibility index (Phi) is 3.06. The van der Waals surface area contributed by atoms with Gasteiger partial charge in [0.2, 0.25) is 4.33 Å². The van der Waals surface area contributed by atoms with Gasteiger partial charge < -0.3 is 5.11 Å². The molecule has 0 bridgehead atoms. The highest BCUT2D eigenvalue weighted by Gasteiger charge is 2.38. The number of carboxylic acid groups (broad SMARTS) is 1. The molecule has 0 amide bonds. The Bertz CT molecular complexity index is 121. The molecule has 0 saturated carbocycles. The van der Waals surface area contributed by atoms with E-state index in [4.69, 9.17) is 39.9 Å². The highest BCUT2D eigenvalue weighted by atomic mass is 35.5. The molecule has 1 N–H and O–H groups in total. The van der Waals surface area contributed by atoms with Gasteiger partial charge in [0.15, 0.2) is 0 Å². The largest absolute Gasteiger partial charge is 0.479 e. The van der Waals surface area contributed by atoms with E-state index in [1.54, 1.807) is 0 Å². The van der Waals surface area contributed by atoms with Gasteiger partial charge in [-0.05, 0) is 6.92 Å².